The van der Waals surface area contributed by atoms with E-state index in [1.165, 1.54) is 25.9 Å². The fourth-order valence-electron chi connectivity index (χ4n) is 2.08. The zero-order chi connectivity index (χ0) is 10.8. The Labute approximate surface area is 89.1 Å². The molecule has 14 heavy (non-hydrogen) atoms. The maximum atomic E-state index is 3.55. The minimum atomic E-state index is 0.382. The lowest BCUT2D eigenvalue weighted by atomic mass is 9.87. The van der Waals surface area contributed by atoms with E-state index in [0.29, 0.717) is 11.5 Å². The van der Waals surface area contributed by atoms with Gasteiger partial charge in [0.2, 0.25) is 0 Å². The summed E-state index contributed by atoms with van der Waals surface area (Å²) in [4.78, 5) is 2.49. The van der Waals surface area contributed by atoms with E-state index in [1.807, 2.05) is 0 Å². The van der Waals surface area contributed by atoms with Crippen molar-refractivity contribution in [3.63, 3.8) is 0 Å². The zero-order valence-electron chi connectivity index (χ0n) is 10.4. The van der Waals surface area contributed by atoms with Gasteiger partial charge >= 0.3 is 0 Å². The first-order chi connectivity index (χ1) is 6.41. The second kappa shape index (κ2) is 4.63. The minimum Gasteiger partial charge on any atom is -0.313 e. The molecule has 2 heteroatoms. The van der Waals surface area contributed by atoms with Crippen LogP contribution in [0.4, 0.5) is 0 Å². The van der Waals surface area contributed by atoms with Gasteiger partial charge in [0.05, 0.1) is 0 Å². The Balaban J connectivity index is 2.36. The SMILES string of the molecule is CC(N(C)CC1CCCN1)C(C)(C)C. The van der Waals surface area contributed by atoms with E-state index in [0.717, 1.165) is 6.04 Å². The molecule has 0 aromatic heterocycles. The van der Waals surface area contributed by atoms with Crippen molar-refractivity contribution in [2.24, 2.45) is 5.41 Å². The highest BCUT2D eigenvalue weighted by molar-refractivity contribution is 4.82. The van der Waals surface area contributed by atoms with Crippen LogP contribution in [0.25, 0.3) is 0 Å². The van der Waals surface area contributed by atoms with Crippen molar-refractivity contribution < 1.29 is 0 Å². The van der Waals surface area contributed by atoms with Crippen LogP contribution < -0.4 is 5.32 Å². The van der Waals surface area contributed by atoms with Crippen LogP contribution in [0, 0.1) is 5.41 Å². The molecule has 1 aliphatic heterocycles. The minimum absolute atomic E-state index is 0.382. The molecule has 0 amide bonds. The molecule has 0 spiro atoms. The summed E-state index contributed by atoms with van der Waals surface area (Å²) in [5.74, 6) is 0. The van der Waals surface area contributed by atoms with Gasteiger partial charge in [-0.25, -0.2) is 0 Å². The van der Waals surface area contributed by atoms with E-state index in [9.17, 15) is 0 Å². The second-order valence-corrected chi connectivity index (χ2v) is 5.77. The molecule has 1 heterocycles. The summed E-state index contributed by atoms with van der Waals surface area (Å²) in [6.07, 6.45) is 2.70. The number of likely N-dealkylation sites (N-methyl/N-ethyl adjacent to an activating group) is 1. The summed E-state index contributed by atoms with van der Waals surface area (Å²) >= 11 is 0. The fourth-order valence-corrected chi connectivity index (χ4v) is 2.08. The standard InChI is InChI=1S/C12H26N2/c1-10(12(2,3)4)14(5)9-11-7-6-8-13-11/h10-11,13H,6-9H2,1-5H3. The molecule has 0 aromatic carbocycles. The Morgan fingerprint density at radius 2 is 2.07 bits per heavy atom. The summed E-state index contributed by atoms with van der Waals surface area (Å²) < 4.78 is 0. The van der Waals surface area contributed by atoms with E-state index in [4.69, 9.17) is 0 Å². The van der Waals surface area contributed by atoms with Crippen LogP contribution in [0.3, 0.4) is 0 Å². The highest BCUT2D eigenvalue weighted by Crippen LogP contribution is 2.23. The van der Waals surface area contributed by atoms with Crippen LogP contribution in [-0.4, -0.2) is 37.1 Å². The first-order valence-corrected chi connectivity index (χ1v) is 5.85. The average molecular weight is 198 g/mol. The quantitative estimate of drug-likeness (QED) is 0.747. The third-order valence-electron chi connectivity index (χ3n) is 3.59. The normalized spacial score (nSPS) is 25.7. The first-order valence-electron chi connectivity index (χ1n) is 5.85. The lowest BCUT2D eigenvalue weighted by Crippen LogP contribution is -2.45. The predicted molar refractivity (Wildman–Crippen MR) is 62.6 cm³/mol. The Hall–Kier alpha value is -0.0800. The van der Waals surface area contributed by atoms with E-state index in [1.54, 1.807) is 0 Å². The largest absolute Gasteiger partial charge is 0.313 e. The molecule has 0 saturated carbocycles. The number of nitrogens with one attached hydrogen (secondary N) is 1. The monoisotopic (exact) mass is 198 g/mol. The van der Waals surface area contributed by atoms with Crippen molar-refractivity contribution in [3.8, 4) is 0 Å². The van der Waals surface area contributed by atoms with Gasteiger partial charge in [-0.15, -0.1) is 0 Å². The average Bonchev–Trinajstić information content (AvgIpc) is 2.53. The zero-order valence-corrected chi connectivity index (χ0v) is 10.4. The van der Waals surface area contributed by atoms with Crippen LogP contribution in [0.2, 0.25) is 0 Å². The maximum absolute atomic E-state index is 3.55. The molecule has 2 unspecified atom stereocenters. The van der Waals surface area contributed by atoms with Crippen molar-refractivity contribution in [2.45, 2.75) is 52.6 Å². The van der Waals surface area contributed by atoms with Gasteiger partial charge in [-0.05, 0) is 38.8 Å². The molecule has 1 fully saturated rings. The van der Waals surface area contributed by atoms with Gasteiger partial charge in [0.25, 0.3) is 0 Å². The van der Waals surface area contributed by atoms with Gasteiger partial charge in [-0.3, -0.25) is 0 Å². The first kappa shape index (κ1) is 12.0. The van der Waals surface area contributed by atoms with Crippen LogP contribution in [0.1, 0.15) is 40.5 Å². The van der Waals surface area contributed by atoms with Crippen LogP contribution in [0.15, 0.2) is 0 Å². The van der Waals surface area contributed by atoms with Gasteiger partial charge in [0.15, 0.2) is 0 Å². The molecular formula is C12H26N2. The number of hydrogen-bond acceptors (Lipinski definition) is 2. The lowest BCUT2D eigenvalue weighted by molar-refractivity contribution is 0.132. The van der Waals surface area contributed by atoms with E-state index >= 15 is 0 Å². The van der Waals surface area contributed by atoms with Crippen molar-refractivity contribution in [3.05, 3.63) is 0 Å². The molecule has 0 aromatic rings. The molecule has 84 valence electrons. The number of hydrogen-bond donors (Lipinski definition) is 1. The summed E-state index contributed by atoms with van der Waals surface area (Å²) in [7, 11) is 2.25. The molecular weight excluding hydrogens is 172 g/mol. The topological polar surface area (TPSA) is 15.3 Å². The third-order valence-corrected chi connectivity index (χ3v) is 3.59. The van der Waals surface area contributed by atoms with Crippen molar-refractivity contribution in [2.75, 3.05) is 20.1 Å². The van der Waals surface area contributed by atoms with Crippen molar-refractivity contribution >= 4 is 0 Å². The van der Waals surface area contributed by atoms with Gasteiger partial charge in [-0.2, -0.15) is 0 Å². The smallest absolute Gasteiger partial charge is 0.0195 e. The summed E-state index contributed by atoms with van der Waals surface area (Å²) in [5.41, 5.74) is 0.382. The number of nitrogens with zero attached hydrogens (tertiary/aromatic N) is 1. The molecule has 1 aliphatic rings. The highest BCUT2D eigenvalue weighted by Gasteiger charge is 2.26. The third kappa shape index (κ3) is 3.25. The molecule has 1 saturated heterocycles. The van der Waals surface area contributed by atoms with E-state index < -0.39 is 0 Å². The summed E-state index contributed by atoms with van der Waals surface area (Å²) in [6, 6.07) is 1.37. The van der Waals surface area contributed by atoms with Crippen LogP contribution >= 0.6 is 0 Å². The molecule has 2 nitrogen and oxygen atoms in total. The summed E-state index contributed by atoms with van der Waals surface area (Å²) in [6.45, 7) is 11.7. The Morgan fingerprint density at radius 1 is 1.43 bits per heavy atom. The maximum Gasteiger partial charge on any atom is 0.0195 e. The van der Waals surface area contributed by atoms with Gasteiger partial charge in [-0.1, -0.05) is 20.8 Å². The molecule has 2 atom stereocenters. The van der Waals surface area contributed by atoms with Crippen LogP contribution in [0.5, 0.6) is 0 Å². The Morgan fingerprint density at radius 3 is 2.50 bits per heavy atom. The van der Waals surface area contributed by atoms with E-state index in [-0.39, 0.29) is 0 Å². The van der Waals surface area contributed by atoms with Gasteiger partial charge < -0.3 is 10.2 Å². The second-order valence-electron chi connectivity index (χ2n) is 5.77. The Kier molecular flexibility index (Phi) is 3.96. The molecule has 0 aliphatic carbocycles. The van der Waals surface area contributed by atoms with Crippen molar-refractivity contribution in [1.82, 2.24) is 10.2 Å². The molecule has 1 rings (SSSR count). The molecule has 0 radical (unpaired) electrons. The molecule has 1 N–H and O–H groups in total. The lowest BCUT2D eigenvalue weighted by Gasteiger charge is -2.36. The fraction of sp³-hybridized carbons (Fsp3) is 1.00. The highest BCUT2D eigenvalue weighted by atomic mass is 15.2. The predicted octanol–water partition coefficient (Wildman–Crippen LogP) is 2.10. The van der Waals surface area contributed by atoms with Crippen LogP contribution in [-0.2, 0) is 0 Å². The van der Waals surface area contributed by atoms with Gasteiger partial charge in [0.1, 0.15) is 0 Å². The van der Waals surface area contributed by atoms with Crippen molar-refractivity contribution in [1.29, 1.82) is 0 Å². The molecule has 0 bridgehead atoms. The Bertz CT molecular complexity index is 166. The number of rotatable bonds is 3. The summed E-state index contributed by atoms with van der Waals surface area (Å²) in [5, 5.41) is 3.55. The van der Waals surface area contributed by atoms with E-state index in [2.05, 4.69) is 45.0 Å². The van der Waals surface area contributed by atoms with Gasteiger partial charge in [0, 0.05) is 18.6 Å².